The van der Waals surface area contributed by atoms with Gasteiger partial charge < -0.3 is 0 Å². The first kappa shape index (κ1) is 7.77. The van der Waals surface area contributed by atoms with Gasteiger partial charge in [-0.05, 0) is 12.8 Å². The molecule has 0 heterocycles. The predicted molar refractivity (Wildman–Crippen MR) is 38.3 cm³/mol. The van der Waals surface area contributed by atoms with Gasteiger partial charge >= 0.3 is 0 Å². The average Bonchev–Trinajstić information content (AvgIpc) is 1.68. The summed E-state index contributed by atoms with van der Waals surface area (Å²) in [6, 6.07) is 0. The van der Waals surface area contributed by atoms with Crippen LogP contribution < -0.4 is 0 Å². The van der Waals surface area contributed by atoms with E-state index in [1.54, 1.807) is 0 Å². The Labute approximate surface area is 58.4 Å². The first-order valence-electron chi connectivity index (χ1n) is 2.51. The molecule has 2 heteroatoms. The van der Waals surface area contributed by atoms with Gasteiger partial charge in [0.25, 0.3) is 0 Å². The Kier molecular flexibility index (Phi) is 5.46. The van der Waals surface area contributed by atoms with Crippen LogP contribution in [0.25, 0.3) is 0 Å². The third-order valence-electron chi connectivity index (χ3n) is 0.865. The Morgan fingerprint density at radius 1 is 1.71 bits per heavy atom. The standard InChI is InChI=1S/C5H10BrCl/c1-2-5(6)3-4-7/h5H,2-4H2,1H3. The lowest BCUT2D eigenvalue weighted by Gasteiger charge is -1.99. The van der Waals surface area contributed by atoms with Crippen molar-refractivity contribution >= 4 is 27.5 Å². The molecule has 0 nitrogen and oxygen atoms in total. The molecule has 44 valence electrons. The molecule has 0 aromatic heterocycles. The van der Waals surface area contributed by atoms with Gasteiger partial charge in [0.15, 0.2) is 0 Å². The van der Waals surface area contributed by atoms with E-state index in [-0.39, 0.29) is 0 Å². The Morgan fingerprint density at radius 2 is 2.29 bits per heavy atom. The highest BCUT2D eigenvalue weighted by Gasteiger charge is 1.95. The molecule has 1 unspecified atom stereocenters. The molecule has 1 atom stereocenters. The Bertz CT molecular complexity index is 39.1. The van der Waals surface area contributed by atoms with Crippen molar-refractivity contribution in [3.8, 4) is 0 Å². The normalized spacial score (nSPS) is 14.1. The molecule has 0 aromatic rings. The highest BCUT2D eigenvalue weighted by Crippen LogP contribution is 2.08. The molecule has 0 fully saturated rings. The van der Waals surface area contributed by atoms with Gasteiger partial charge in [0, 0.05) is 10.7 Å². The van der Waals surface area contributed by atoms with Crippen LogP contribution in [0.1, 0.15) is 19.8 Å². The van der Waals surface area contributed by atoms with Crippen molar-refractivity contribution in [1.82, 2.24) is 0 Å². The van der Waals surface area contributed by atoms with Crippen molar-refractivity contribution < 1.29 is 0 Å². The van der Waals surface area contributed by atoms with Gasteiger partial charge in [0.05, 0.1) is 0 Å². The molecular weight excluding hydrogens is 175 g/mol. The summed E-state index contributed by atoms with van der Waals surface area (Å²) in [5.74, 6) is 0.768. The summed E-state index contributed by atoms with van der Waals surface area (Å²) < 4.78 is 0. The van der Waals surface area contributed by atoms with Crippen molar-refractivity contribution in [2.24, 2.45) is 0 Å². The topological polar surface area (TPSA) is 0 Å². The second-order valence-electron chi connectivity index (χ2n) is 1.48. The maximum Gasteiger partial charge on any atom is 0.0234 e. The van der Waals surface area contributed by atoms with Crippen LogP contribution in [0.15, 0.2) is 0 Å². The van der Waals surface area contributed by atoms with E-state index in [0.29, 0.717) is 4.83 Å². The Morgan fingerprint density at radius 3 is 2.43 bits per heavy atom. The van der Waals surface area contributed by atoms with Gasteiger partial charge in [-0.3, -0.25) is 0 Å². The number of rotatable bonds is 3. The second kappa shape index (κ2) is 4.92. The molecule has 0 aliphatic carbocycles. The summed E-state index contributed by atoms with van der Waals surface area (Å²) in [6.07, 6.45) is 2.25. The fraction of sp³-hybridized carbons (Fsp3) is 1.00. The number of alkyl halides is 2. The van der Waals surface area contributed by atoms with Gasteiger partial charge in [0.1, 0.15) is 0 Å². The first-order chi connectivity index (χ1) is 3.31. The van der Waals surface area contributed by atoms with Crippen LogP contribution >= 0.6 is 27.5 Å². The first-order valence-corrected chi connectivity index (χ1v) is 3.96. The lowest BCUT2D eigenvalue weighted by molar-refractivity contribution is 0.810. The summed E-state index contributed by atoms with van der Waals surface area (Å²) in [5.41, 5.74) is 0. The quantitative estimate of drug-likeness (QED) is 0.593. The van der Waals surface area contributed by atoms with Gasteiger partial charge in [-0.1, -0.05) is 22.9 Å². The molecule has 0 aliphatic heterocycles. The molecule has 0 saturated carbocycles. The van der Waals surface area contributed by atoms with E-state index < -0.39 is 0 Å². The maximum atomic E-state index is 5.45. The highest BCUT2D eigenvalue weighted by atomic mass is 79.9. The van der Waals surface area contributed by atoms with Crippen molar-refractivity contribution in [3.05, 3.63) is 0 Å². The predicted octanol–water partition coefficient (Wildman–Crippen LogP) is 2.79. The van der Waals surface area contributed by atoms with E-state index in [1.165, 1.54) is 6.42 Å². The van der Waals surface area contributed by atoms with E-state index >= 15 is 0 Å². The summed E-state index contributed by atoms with van der Waals surface area (Å²) in [4.78, 5) is 0.630. The molecule has 0 aliphatic rings. The van der Waals surface area contributed by atoms with Crippen LogP contribution in [0.4, 0.5) is 0 Å². The van der Waals surface area contributed by atoms with Gasteiger partial charge in [-0.2, -0.15) is 0 Å². The van der Waals surface area contributed by atoms with Gasteiger partial charge in [-0.15, -0.1) is 11.6 Å². The van der Waals surface area contributed by atoms with E-state index in [4.69, 9.17) is 11.6 Å². The summed E-state index contributed by atoms with van der Waals surface area (Å²) >= 11 is 8.90. The molecule has 0 aromatic carbocycles. The molecule has 0 amide bonds. The molecule has 0 saturated heterocycles. The third kappa shape index (κ3) is 4.63. The molecule has 0 bridgehead atoms. The molecular formula is C5H10BrCl. The van der Waals surface area contributed by atoms with E-state index in [2.05, 4.69) is 22.9 Å². The molecule has 0 radical (unpaired) electrons. The molecule has 0 rings (SSSR count). The minimum atomic E-state index is 0.630. The largest absolute Gasteiger partial charge is 0.127 e. The second-order valence-corrected chi connectivity index (χ2v) is 3.16. The van der Waals surface area contributed by atoms with Crippen LogP contribution in [-0.2, 0) is 0 Å². The average molecular weight is 185 g/mol. The van der Waals surface area contributed by atoms with E-state index in [9.17, 15) is 0 Å². The van der Waals surface area contributed by atoms with Crippen LogP contribution in [0, 0.1) is 0 Å². The molecule has 0 N–H and O–H groups in total. The highest BCUT2D eigenvalue weighted by molar-refractivity contribution is 9.09. The lowest BCUT2D eigenvalue weighted by Crippen LogP contribution is -1.94. The maximum absolute atomic E-state index is 5.45. The monoisotopic (exact) mass is 184 g/mol. The van der Waals surface area contributed by atoms with E-state index in [1.807, 2.05) is 0 Å². The van der Waals surface area contributed by atoms with Crippen molar-refractivity contribution in [3.63, 3.8) is 0 Å². The third-order valence-corrected chi connectivity index (χ3v) is 2.19. The minimum absolute atomic E-state index is 0.630. The number of hydrogen-bond donors (Lipinski definition) is 0. The summed E-state index contributed by atoms with van der Waals surface area (Å²) in [7, 11) is 0. The van der Waals surface area contributed by atoms with Gasteiger partial charge in [0.2, 0.25) is 0 Å². The fourth-order valence-electron chi connectivity index (χ4n) is 0.323. The lowest BCUT2D eigenvalue weighted by atomic mass is 10.3. The van der Waals surface area contributed by atoms with Crippen LogP contribution in [0.5, 0.6) is 0 Å². The zero-order valence-corrected chi connectivity index (χ0v) is 6.80. The Balaban J connectivity index is 2.83. The SMILES string of the molecule is CCC(Br)CCCl. The number of hydrogen-bond acceptors (Lipinski definition) is 0. The molecule has 0 spiro atoms. The summed E-state index contributed by atoms with van der Waals surface area (Å²) in [6.45, 7) is 2.14. The van der Waals surface area contributed by atoms with E-state index in [0.717, 1.165) is 12.3 Å². The van der Waals surface area contributed by atoms with Crippen molar-refractivity contribution in [2.75, 3.05) is 5.88 Å². The van der Waals surface area contributed by atoms with Crippen LogP contribution in [0.3, 0.4) is 0 Å². The van der Waals surface area contributed by atoms with Crippen LogP contribution in [-0.4, -0.2) is 10.7 Å². The fourth-order valence-corrected chi connectivity index (χ4v) is 1.08. The van der Waals surface area contributed by atoms with Crippen molar-refractivity contribution in [1.29, 1.82) is 0 Å². The molecule has 7 heavy (non-hydrogen) atoms. The minimum Gasteiger partial charge on any atom is -0.127 e. The summed E-state index contributed by atoms with van der Waals surface area (Å²) in [5, 5.41) is 0. The number of halogens is 2. The Hall–Kier alpha value is 0.770. The zero-order chi connectivity index (χ0) is 5.70. The smallest absolute Gasteiger partial charge is 0.0234 e. The van der Waals surface area contributed by atoms with Crippen molar-refractivity contribution in [2.45, 2.75) is 24.6 Å². The van der Waals surface area contributed by atoms with Crippen LogP contribution in [0.2, 0.25) is 0 Å². The zero-order valence-electron chi connectivity index (χ0n) is 4.45. The van der Waals surface area contributed by atoms with Gasteiger partial charge in [-0.25, -0.2) is 0 Å².